The zero-order valence-electron chi connectivity index (χ0n) is 15.7. The van der Waals surface area contributed by atoms with Crippen molar-refractivity contribution in [1.82, 2.24) is 0 Å². The Morgan fingerprint density at radius 2 is 1.89 bits per heavy atom. The van der Waals surface area contributed by atoms with E-state index in [0.717, 1.165) is 5.56 Å². The van der Waals surface area contributed by atoms with Crippen molar-refractivity contribution in [2.45, 2.75) is 13.5 Å². The standard InChI is InChI=1S/C23H20N2O3/c1-16-5-3-6-18(11-16)15-28-20-8-4-7-19(13-20)23(26)25-21-12-17(14-24)9-10-22(21)27-2/h3-13H,15H2,1-2H3,(H,25,26). The molecule has 28 heavy (non-hydrogen) atoms. The molecule has 0 aliphatic rings. The lowest BCUT2D eigenvalue weighted by Crippen LogP contribution is -2.13. The van der Waals surface area contributed by atoms with Crippen molar-refractivity contribution < 1.29 is 14.3 Å². The molecule has 0 saturated carbocycles. The molecule has 0 radical (unpaired) electrons. The Hall–Kier alpha value is -3.78. The third kappa shape index (κ3) is 4.68. The second-order valence-electron chi connectivity index (χ2n) is 6.29. The first-order valence-corrected chi connectivity index (χ1v) is 8.77. The Kier molecular flexibility index (Phi) is 5.93. The van der Waals surface area contributed by atoms with E-state index in [9.17, 15) is 4.79 Å². The third-order valence-corrected chi connectivity index (χ3v) is 4.16. The van der Waals surface area contributed by atoms with Crippen molar-refractivity contribution in [3.63, 3.8) is 0 Å². The molecule has 3 aromatic carbocycles. The number of carbonyl (C=O) groups is 1. The molecule has 0 fully saturated rings. The predicted molar refractivity (Wildman–Crippen MR) is 108 cm³/mol. The van der Waals surface area contributed by atoms with Gasteiger partial charge in [0.15, 0.2) is 0 Å². The average molecular weight is 372 g/mol. The van der Waals surface area contributed by atoms with E-state index in [-0.39, 0.29) is 5.91 Å². The normalized spacial score (nSPS) is 10.0. The van der Waals surface area contributed by atoms with Gasteiger partial charge in [-0.1, -0.05) is 35.9 Å². The van der Waals surface area contributed by atoms with Crippen molar-refractivity contribution in [3.05, 3.63) is 89.0 Å². The zero-order valence-corrected chi connectivity index (χ0v) is 15.7. The highest BCUT2D eigenvalue weighted by molar-refractivity contribution is 6.05. The summed E-state index contributed by atoms with van der Waals surface area (Å²) in [5.41, 5.74) is 3.56. The number of aryl methyl sites for hydroxylation is 1. The van der Waals surface area contributed by atoms with Crippen LogP contribution < -0.4 is 14.8 Å². The van der Waals surface area contributed by atoms with Gasteiger partial charge in [-0.15, -0.1) is 0 Å². The van der Waals surface area contributed by atoms with Gasteiger partial charge in [0, 0.05) is 5.56 Å². The number of rotatable bonds is 6. The molecule has 0 bridgehead atoms. The Balaban J connectivity index is 1.73. The molecule has 0 aromatic heterocycles. The molecule has 140 valence electrons. The number of nitrogens with zero attached hydrogens (tertiary/aromatic N) is 1. The van der Waals surface area contributed by atoms with E-state index in [1.165, 1.54) is 12.7 Å². The topological polar surface area (TPSA) is 71.3 Å². The Bertz CT molecular complexity index is 1040. The highest BCUT2D eigenvalue weighted by Gasteiger charge is 2.11. The molecule has 5 heteroatoms. The number of amides is 1. The number of hydrogen-bond donors (Lipinski definition) is 1. The molecule has 0 spiro atoms. The molecule has 3 aromatic rings. The minimum absolute atomic E-state index is 0.311. The number of benzene rings is 3. The van der Waals surface area contributed by atoms with Crippen LogP contribution >= 0.6 is 0 Å². The second kappa shape index (κ2) is 8.74. The summed E-state index contributed by atoms with van der Waals surface area (Å²) in [4.78, 5) is 12.6. The van der Waals surface area contributed by atoms with E-state index >= 15 is 0 Å². The summed E-state index contributed by atoms with van der Waals surface area (Å²) >= 11 is 0. The average Bonchev–Trinajstić information content (AvgIpc) is 2.72. The first kappa shape index (κ1) is 19.0. The lowest BCUT2D eigenvalue weighted by molar-refractivity contribution is 0.102. The third-order valence-electron chi connectivity index (χ3n) is 4.16. The monoisotopic (exact) mass is 372 g/mol. The van der Waals surface area contributed by atoms with E-state index in [4.69, 9.17) is 14.7 Å². The van der Waals surface area contributed by atoms with Crippen molar-refractivity contribution in [2.75, 3.05) is 12.4 Å². The van der Waals surface area contributed by atoms with Crippen LogP contribution in [-0.4, -0.2) is 13.0 Å². The van der Waals surface area contributed by atoms with Crippen LogP contribution in [0.25, 0.3) is 0 Å². The zero-order chi connectivity index (χ0) is 19.9. The molecular formula is C23H20N2O3. The molecule has 1 amide bonds. The van der Waals surface area contributed by atoms with Crippen molar-refractivity contribution in [3.8, 4) is 17.6 Å². The van der Waals surface area contributed by atoms with Crippen LogP contribution in [0.5, 0.6) is 11.5 Å². The van der Waals surface area contributed by atoms with Gasteiger partial charge in [0.25, 0.3) is 5.91 Å². The highest BCUT2D eigenvalue weighted by atomic mass is 16.5. The Morgan fingerprint density at radius 1 is 1.07 bits per heavy atom. The lowest BCUT2D eigenvalue weighted by Gasteiger charge is -2.12. The van der Waals surface area contributed by atoms with Crippen LogP contribution in [0.1, 0.15) is 27.0 Å². The molecule has 0 aliphatic heterocycles. The van der Waals surface area contributed by atoms with Gasteiger partial charge < -0.3 is 14.8 Å². The highest BCUT2D eigenvalue weighted by Crippen LogP contribution is 2.26. The molecule has 3 rings (SSSR count). The van der Waals surface area contributed by atoms with Gasteiger partial charge in [-0.05, 0) is 48.9 Å². The predicted octanol–water partition coefficient (Wildman–Crippen LogP) is 4.71. The fourth-order valence-electron chi connectivity index (χ4n) is 2.77. The maximum Gasteiger partial charge on any atom is 0.255 e. The van der Waals surface area contributed by atoms with Gasteiger partial charge in [0.1, 0.15) is 18.1 Å². The van der Waals surface area contributed by atoms with E-state index < -0.39 is 0 Å². The smallest absolute Gasteiger partial charge is 0.255 e. The molecule has 0 saturated heterocycles. The van der Waals surface area contributed by atoms with Crippen LogP contribution in [-0.2, 0) is 6.61 Å². The summed E-state index contributed by atoms with van der Waals surface area (Å²) < 4.78 is 11.1. The minimum atomic E-state index is -0.311. The molecule has 0 unspecified atom stereocenters. The van der Waals surface area contributed by atoms with Crippen molar-refractivity contribution in [1.29, 1.82) is 5.26 Å². The van der Waals surface area contributed by atoms with Crippen LogP contribution in [0, 0.1) is 18.3 Å². The fourth-order valence-corrected chi connectivity index (χ4v) is 2.77. The van der Waals surface area contributed by atoms with Gasteiger partial charge >= 0.3 is 0 Å². The number of nitriles is 1. The van der Waals surface area contributed by atoms with Crippen LogP contribution in [0.15, 0.2) is 66.7 Å². The quantitative estimate of drug-likeness (QED) is 0.680. The Labute approximate surface area is 164 Å². The van der Waals surface area contributed by atoms with E-state index in [1.807, 2.05) is 31.2 Å². The Morgan fingerprint density at radius 3 is 2.64 bits per heavy atom. The summed E-state index contributed by atoms with van der Waals surface area (Å²) in [7, 11) is 1.51. The molecule has 1 N–H and O–H groups in total. The van der Waals surface area contributed by atoms with Crippen LogP contribution in [0.3, 0.4) is 0 Å². The summed E-state index contributed by atoms with van der Waals surface area (Å²) in [5, 5.41) is 11.9. The summed E-state index contributed by atoms with van der Waals surface area (Å²) in [6.45, 7) is 2.45. The number of methoxy groups -OCH3 is 1. The largest absolute Gasteiger partial charge is 0.495 e. The minimum Gasteiger partial charge on any atom is -0.495 e. The van der Waals surface area contributed by atoms with Gasteiger partial charge in [0.2, 0.25) is 0 Å². The summed E-state index contributed by atoms with van der Waals surface area (Å²) in [5.74, 6) is 0.778. The summed E-state index contributed by atoms with van der Waals surface area (Å²) in [6, 6.07) is 22.0. The number of carbonyl (C=O) groups excluding carboxylic acids is 1. The van der Waals surface area contributed by atoms with E-state index in [2.05, 4.69) is 17.5 Å². The summed E-state index contributed by atoms with van der Waals surface area (Å²) in [6.07, 6.45) is 0. The van der Waals surface area contributed by atoms with Crippen LogP contribution in [0.4, 0.5) is 5.69 Å². The fraction of sp³-hybridized carbons (Fsp3) is 0.130. The van der Waals surface area contributed by atoms with Gasteiger partial charge in [-0.25, -0.2) is 0 Å². The van der Waals surface area contributed by atoms with Gasteiger partial charge in [0.05, 0.1) is 24.4 Å². The molecule has 0 atom stereocenters. The second-order valence-corrected chi connectivity index (χ2v) is 6.29. The first-order chi connectivity index (χ1) is 13.6. The number of anilines is 1. The van der Waals surface area contributed by atoms with Crippen LogP contribution in [0.2, 0.25) is 0 Å². The number of nitrogens with one attached hydrogen (secondary N) is 1. The van der Waals surface area contributed by atoms with E-state index in [0.29, 0.717) is 34.9 Å². The molecular weight excluding hydrogens is 352 g/mol. The molecule has 0 aliphatic carbocycles. The van der Waals surface area contributed by atoms with Gasteiger partial charge in [-0.2, -0.15) is 5.26 Å². The van der Waals surface area contributed by atoms with Crippen molar-refractivity contribution in [2.24, 2.45) is 0 Å². The van der Waals surface area contributed by atoms with E-state index in [1.54, 1.807) is 36.4 Å². The molecule has 5 nitrogen and oxygen atoms in total. The number of ether oxygens (including phenoxy) is 2. The maximum atomic E-state index is 12.6. The van der Waals surface area contributed by atoms with Crippen molar-refractivity contribution >= 4 is 11.6 Å². The van der Waals surface area contributed by atoms with Gasteiger partial charge in [-0.3, -0.25) is 4.79 Å². The maximum absolute atomic E-state index is 12.6. The SMILES string of the molecule is COc1ccc(C#N)cc1NC(=O)c1cccc(OCc2cccc(C)c2)c1. The first-order valence-electron chi connectivity index (χ1n) is 8.77. The number of hydrogen-bond acceptors (Lipinski definition) is 4. The molecule has 0 heterocycles. The lowest BCUT2D eigenvalue weighted by atomic mass is 10.1.